The van der Waals surface area contributed by atoms with Crippen molar-refractivity contribution >= 4 is 24.1 Å². The van der Waals surface area contributed by atoms with Gasteiger partial charge in [0.2, 0.25) is 0 Å². The van der Waals surface area contributed by atoms with Gasteiger partial charge in [0, 0.05) is 17.8 Å². The van der Waals surface area contributed by atoms with Crippen LogP contribution in [0.5, 0.6) is 0 Å². The number of nitro groups is 1. The zero-order valence-corrected chi connectivity index (χ0v) is 8.80. The van der Waals surface area contributed by atoms with E-state index in [0.29, 0.717) is 5.69 Å². The summed E-state index contributed by atoms with van der Waals surface area (Å²) in [4.78, 5) is 19.2. The first-order chi connectivity index (χ1) is 8.18. The number of anilines is 1. The van der Waals surface area contributed by atoms with Crippen molar-refractivity contribution in [3.63, 3.8) is 0 Å². The third kappa shape index (κ3) is 2.45. The van der Waals surface area contributed by atoms with E-state index >= 15 is 0 Å². The molecule has 0 amide bonds. The molecule has 0 fully saturated rings. The molecule has 1 aliphatic rings. The fourth-order valence-corrected chi connectivity index (χ4v) is 1.44. The van der Waals surface area contributed by atoms with Gasteiger partial charge in [-0.15, -0.1) is 0 Å². The monoisotopic (exact) mass is 234 g/mol. The fourth-order valence-electron chi connectivity index (χ4n) is 1.44. The van der Waals surface area contributed by atoms with Crippen LogP contribution in [0.2, 0.25) is 0 Å². The fraction of sp³-hybridized carbons (Fsp3) is 0.200. The summed E-state index contributed by atoms with van der Waals surface area (Å²) in [6.45, 7) is 0.205. The van der Waals surface area contributed by atoms with Gasteiger partial charge in [0.15, 0.2) is 6.23 Å². The van der Waals surface area contributed by atoms with Crippen LogP contribution < -0.4 is 4.90 Å². The maximum absolute atomic E-state index is 10.5. The molecule has 0 saturated heterocycles. The molecule has 0 aromatic heterocycles. The number of nitrogens with zero attached hydrogens (tertiary/aromatic N) is 4. The van der Waals surface area contributed by atoms with Gasteiger partial charge in [-0.2, -0.15) is 0 Å². The van der Waals surface area contributed by atoms with Crippen LogP contribution in [0.3, 0.4) is 0 Å². The Balaban J connectivity index is 2.24. The molecule has 0 aliphatic carbocycles. The standard InChI is InChI=1S/C10H10N4O3/c15-10-5-11-6-12-7-13(10)8-1-3-9(4-2-8)14(16)17/h1-4,6-7,10,15H,5H2/t10-/m0/s1. The highest BCUT2D eigenvalue weighted by molar-refractivity contribution is 5.85. The Kier molecular flexibility index (Phi) is 3.10. The zero-order chi connectivity index (χ0) is 12.3. The van der Waals surface area contributed by atoms with Crippen LogP contribution in [0, 0.1) is 10.1 Å². The Morgan fingerprint density at radius 2 is 2.12 bits per heavy atom. The zero-order valence-electron chi connectivity index (χ0n) is 8.80. The Bertz CT molecular complexity index is 469. The number of non-ortho nitro benzene ring substituents is 1. The molecule has 17 heavy (non-hydrogen) atoms. The van der Waals surface area contributed by atoms with Crippen molar-refractivity contribution in [2.45, 2.75) is 6.23 Å². The summed E-state index contributed by atoms with van der Waals surface area (Å²) in [6, 6.07) is 5.86. The quantitative estimate of drug-likeness (QED) is 0.604. The normalized spacial score (nSPS) is 19.1. The molecule has 7 heteroatoms. The lowest BCUT2D eigenvalue weighted by atomic mass is 10.2. The van der Waals surface area contributed by atoms with Crippen LogP contribution >= 0.6 is 0 Å². The average Bonchev–Trinajstić information content (AvgIpc) is 2.54. The summed E-state index contributed by atoms with van der Waals surface area (Å²) >= 11 is 0. The molecule has 1 aromatic rings. The molecule has 0 bridgehead atoms. The van der Waals surface area contributed by atoms with Crippen molar-refractivity contribution in [2.75, 3.05) is 11.4 Å². The Hall–Kier alpha value is -2.28. The minimum absolute atomic E-state index is 0.00579. The molecule has 1 N–H and O–H groups in total. The molecule has 7 nitrogen and oxygen atoms in total. The summed E-state index contributed by atoms with van der Waals surface area (Å²) in [5, 5.41) is 20.3. The molecule has 1 atom stereocenters. The number of nitro benzene ring substituents is 1. The molecule has 0 spiro atoms. The lowest BCUT2D eigenvalue weighted by Gasteiger charge is -2.23. The number of benzene rings is 1. The largest absolute Gasteiger partial charge is 0.371 e. The summed E-state index contributed by atoms with van der Waals surface area (Å²) in [5.74, 6) is 0. The van der Waals surface area contributed by atoms with Gasteiger partial charge in [-0.25, -0.2) is 4.99 Å². The van der Waals surface area contributed by atoms with Gasteiger partial charge >= 0.3 is 0 Å². The second-order valence-electron chi connectivity index (χ2n) is 3.41. The molecule has 1 aliphatic heterocycles. The number of aliphatic hydroxyl groups is 1. The molecule has 2 rings (SSSR count). The highest BCUT2D eigenvalue weighted by atomic mass is 16.6. The van der Waals surface area contributed by atoms with Gasteiger partial charge in [-0.1, -0.05) is 0 Å². The Morgan fingerprint density at radius 1 is 1.41 bits per heavy atom. The number of hydrogen-bond donors (Lipinski definition) is 1. The molecular formula is C10H10N4O3. The maximum atomic E-state index is 10.5. The van der Waals surface area contributed by atoms with Crippen LogP contribution in [-0.4, -0.2) is 35.5 Å². The summed E-state index contributed by atoms with van der Waals surface area (Å²) in [5.41, 5.74) is 0.628. The SMILES string of the molecule is O=[N+]([O-])c1ccc(N2C=NC=NC[C@@H]2O)cc1. The molecule has 0 unspecified atom stereocenters. The number of hydrogen-bond acceptors (Lipinski definition) is 6. The molecule has 1 aromatic carbocycles. The highest BCUT2D eigenvalue weighted by Gasteiger charge is 2.16. The summed E-state index contributed by atoms with van der Waals surface area (Å²) in [6.07, 6.45) is 1.97. The Morgan fingerprint density at radius 3 is 2.76 bits per heavy atom. The third-order valence-electron chi connectivity index (χ3n) is 2.29. The molecule has 0 saturated carbocycles. The predicted octanol–water partition coefficient (Wildman–Crippen LogP) is 0.790. The maximum Gasteiger partial charge on any atom is 0.269 e. The molecular weight excluding hydrogens is 224 g/mol. The van der Waals surface area contributed by atoms with Gasteiger partial charge in [0.25, 0.3) is 5.69 Å². The van der Waals surface area contributed by atoms with Crippen molar-refractivity contribution in [3.05, 3.63) is 34.4 Å². The van der Waals surface area contributed by atoms with Gasteiger partial charge in [-0.3, -0.25) is 15.1 Å². The number of aliphatic imine (C=N–C) groups is 2. The topological polar surface area (TPSA) is 91.3 Å². The first-order valence-corrected chi connectivity index (χ1v) is 4.91. The first-order valence-electron chi connectivity index (χ1n) is 4.91. The van der Waals surface area contributed by atoms with E-state index < -0.39 is 11.2 Å². The Labute approximate surface area is 96.9 Å². The van der Waals surface area contributed by atoms with E-state index in [9.17, 15) is 15.2 Å². The minimum Gasteiger partial charge on any atom is -0.371 e. The van der Waals surface area contributed by atoms with Gasteiger partial charge in [-0.05, 0) is 12.1 Å². The van der Waals surface area contributed by atoms with Crippen molar-refractivity contribution in [2.24, 2.45) is 9.98 Å². The highest BCUT2D eigenvalue weighted by Crippen LogP contribution is 2.20. The summed E-state index contributed by atoms with van der Waals surface area (Å²) in [7, 11) is 0. The van der Waals surface area contributed by atoms with Crippen molar-refractivity contribution in [3.8, 4) is 0 Å². The second kappa shape index (κ2) is 4.71. The van der Waals surface area contributed by atoms with E-state index in [0.717, 1.165) is 0 Å². The van der Waals surface area contributed by atoms with Crippen LogP contribution in [-0.2, 0) is 0 Å². The first kappa shape index (κ1) is 11.2. The molecule has 1 heterocycles. The van der Waals surface area contributed by atoms with Crippen LogP contribution in [0.4, 0.5) is 11.4 Å². The van der Waals surface area contributed by atoms with E-state index in [1.165, 1.54) is 29.7 Å². The van der Waals surface area contributed by atoms with Crippen molar-refractivity contribution < 1.29 is 10.0 Å². The molecule has 88 valence electrons. The average molecular weight is 234 g/mol. The molecule has 0 radical (unpaired) electrons. The van der Waals surface area contributed by atoms with E-state index in [1.54, 1.807) is 12.1 Å². The van der Waals surface area contributed by atoms with Crippen LogP contribution in [0.25, 0.3) is 0 Å². The minimum atomic E-state index is -0.820. The number of aliphatic hydroxyl groups excluding tert-OH is 1. The van der Waals surface area contributed by atoms with E-state index in [-0.39, 0.29) is 12.2 Å². The van der Waals surface area contributed by atoms with Gasteiger partial charge in [0.1, 0.15) is 6.34 Å². The van der Waals surface area contributed by atoms with Crippen LogP contribution in [0.15, 0.2) is 34.3 Å². The summed E-state index contributed by atoms with van der Waals surface area (Å²) < 4.78 is 0. The lowest BCUT2D eigenvalue weighted by Crippen LogP contribution is -2.35. The number of rotatable bonds is 2. The van der Waals surface area contributed by atoms with Gasteiger partial charge < -0.3 is 10.0 Å². The van der Waals surface area contributed by atoms with Crippen molar-refractivity contribution in [1.82, 2.24) is 0 Å². The smallest absolute Gasteiger partial charge is 0.269 e. The van der Waals surface area contributed by atoms with E-state index in [1.807, 2.05) is 0 Å². The van der Waals surface area contributed by atoms with Gasteiger partial charge in [0.05, 0.1) is 17.8 Å². The van der Waals surface area contributed by atoms with E-state index in [2.05, 4.69) is 9.98 Å². The second-order valence-corrected chi connectivity index (χ2v) is 3.41. The predicted molar refractivity (Wildman–Crippen MR) is 63.4 cm³/mol. The van der Waals surface area contributed by atoms with Crippen LogP contribution in [0.1, 0.15) is 0 Å². The van der Waals surface area contributed by atoms with Crippen molar-refractivity contribution in [1.29, 1.82) is 0 Å². The van der Waals surface area contributed by atoms with E-state index in [4.69, 9.17) is 0 Å². The third-order valence-corrected chi connectivity index (χ3v) is 2.29. The lowest BCUT2D eigenvalue weighted by molar-refractivity contribution is -0.384.